The first-order valence-corrected chi connectivity index (χ1v) is 10.1. The minimum atomic E-state index is -0.649. The molecule has 0 saturated carbocycles. The fourth-order valence-electron chi connectivity index (χ4n) is 3.24. The molecule has 3 nitrogen and oxygen atoms in total. The van der Waals surface area contributed by atoms with Crippen LogP contribution in [0, 0.1) is 12.8 Å². The number of carboxylic acids is 1. The van der Waals surface area contributed by atoms with Crippen LogP contribution in [0.4, 0.5) is 0 Å². The Bertz CT molecular complexity index is 703. The van der Waals surface area contributed by atoms with Gasteiger partial charge in [0.25, 0.3) is 0 Å². The van der Waals surface area contributed by atoms with Crippen LogP contribution in [0.15, 0.2) is 35.0 Å². The van der Waals surface area contributed by atoms with Crippen LogP contribution in [0.2, 0.25) is 0 Å². The van der Waals surface area contributed by atoms with Gasteiger partial charge in [0.1, 0.15) is 0 Å². The maximum atomic E-state index is 11.2. The number of carbonyl (C=O) groups is 1. The number of piperidine rings is 1. The minimum absolute atomic E-state index is 0.195. The summed E-state index contributed by atoms with van der Waals surface area (Å²) in [6.07, 6.45) is 5.09. The molecule has 1 aliphatic heterocycles. The number of rotatable bonds is 6. The van der Waals surface area contributed by atoms with Gasteiger partial charge in [-0.25, -0.2) is 0 Å². The number of hydrogen-bond acceptors (Lipinski definition) is 4. The molecule has 5 heteroatoms. The minimum Gasteiger partial charge on any atom is -0.481 e. The molecule has 3 rings (SSSR count). The van der Waals surface area contributed by atoms with Gasteiger partial charge in [-0.05, 0) is 61.2 Å². The Morgan fingerprint density at radius 1 is 1.38 bits per heavy atom. The molecule has 0 amide bonds. The Labute approximate surface area is 151 Å². The van der Waals surface area contributed by atoms with Gasteiger partial charge in [-0.15, -0.1) is 22.7 Å². The monoisotopic (exact) mass is 361 g/mol. The topological polar surface area (TPSA) is 40.5 Å². The summed E-state index contributed by atoms with van der Waals surface area (Å²) in [6.45, 7) is 4.80. The Hall–Kier alpha value is -1.43. The summed E-state index contributed by atoms with van der Waals surface area (Å²) in [7, 11) is 0. The fourth-order valence-corrected chi connectivity index (χ4v) is 5.06. The van der Waals surface area contributed by atoms with E-state index in [1.54, 1.807) is 22.7 Å². The van der Waals surface area contributed by atoms with Crippen LogP contribution in [0.5, 0.6) is 0 Å². The first kappa shape index (κ1) is 17.4. The van der Waals surface area contributed by atoms with Crippen LogP contribution >= 0.6 is 22.7 Å². The third kappa shape index (κ3) is 4.15. The molecule has 1 saturated heterocycles. The van der Waals surface area contributed by atoms with Gasteiger partial charge in [0.2, 0.25) is 0 Å². The van der Waals surface area contributed by atoms with Crippen molar-refractivity contribution in [2.75, 3.05) is 19.6 Å². The maximum Gasteiger partial charge on any atom is 0.307 e. The summed E-state index contributed by atoms with van der Waals surface area (Å²) in [4.78, 5) is 16.1. The number of thiophene rings is 2. The van der Waals surface area contributed by atoms with Crippen molar-refractivity contribution in [2.24, 2.45) is 5.92 Å². The van der Waals surface area contributed by atoms with E-state index >= 15 is 0 Å². The Kier molecular flexibility index (Phi) is 5.87. The molecule has 1 N–H and O–H groups in total. The predicted octanol–water partition coefficient (Wildman–Crippen LogP) is 4.74. The largest absolute Gasteiger partial charge is 0.481 e. The van der Waals surface area contributed by atoms with E-state index in [9.17, 15) is 9.90 Å². The number of likely N-dealkylation sites (tertiary alicyclic amines) is 1. The molecule has 1 fully saturated rings. The van der Waals surface area contributed by atoms with Gasteiger partial charge >= 0.3 is 5.97 Å². The number of aryl methyl sites for hydroxylation is 1. The lowest BCUT2D eigenvalue weighted by Crippen LogP contribution is -2.39. The molecule has 2 aromatic heterocycles. The molecule has 0 bridgehead atoms. The van der Waals surface area contributed by atoms with Crippen molar-refractivity contribution >= 4 is 34.2 Å². The van der Waals surface area contributed by atoms with Crippen LogP contribution in [-0.4, -0.2) is 35.6 Å². The quantitative estimate of drug-likeness (QED) is 0.808. The summed E-state index contributed by atoms with van der Waals surface area (Å²) >= 11 is 3.57. The van der Waals surface area contributed by atoms with Crippen LogP contribution in [-0.2, 0) is 4.79 Å². The number of nitrogens with zero attached hydrogens (tertiary/aromatic N) is 1. The van der Waals surface area contributed by atoms with Crippen molar-refractivity contribution in [3.05, 3.63) is 50.4 Å². The van der Waals surface area contributed by atoms with Gasteiger partial charge in [-0.2, -0.15) is 0 Å². The molecule has 0 aliphatic carbocycles. The van der Waals surface area contributed by atoms with E-state index in [0.717, 1.165) is 32.4 Å². The molecule has 3 heterocycles. The number of hydrogen-bond donors (Lipinski definition) is 1. The van der Waals surface area contributed by atoms with Crippen LogP contribution < -0.4 is 0 Å². The summed E-state index contributed by atoms with van der Waals surface area (Å²) in [6, 6.07) is 6.44. The Morgan fingerprint density at radius 2 is 2.25 bits per heavy atom. The van der Waals surface area contributed by atoms with Crippen molar-refractivity contribution < 1.29 is 9.90 Å². The zero-order chi connectivity index (χ0) is 16.9. The van der Waals surface area contributed by atoms with E-state index in [2.05, 4.69) is 46.9 Å². The van der Waals surface area contributed by atoms with Crippen molar-refractivity contribution in [1.29, 1.82) is 0 Å². The maximum absolute atomic E-state index is 11.2. The van der Waals surface area contributed by atoms with E-state index in [-0.39, 0.29) is 5.92 Å². The molecule has 1 aliphatic rings. The van der Waals surface area contributed by atoms with Gasteiger partial charge in [0, 0.05) is 28.4 Å². The molecular formula is C19H23NO2S2. The fraction of sp³-hybridized carbons (Fsp3) is 0.421. The molecule has 0 spiro atoms. The van der Waals surface area contributed by atoms with Crippen LogP contribution in [0.1, 0.15) is 34.6 Å². The highest BCUT2D eigenvalue weighted by Gasteiger charge is 2.24. The van der Waals surface area contributed by atoms with E-state index in [0.29, 0.717) is 6.54 Å². The predicted molar refractivity (Wildman–Crippen MR) is 102 cm³/mol. The molecule has 128 valence electrons. The average molecular weight is 362 g/mol. The number of aliphatic carboxylic acids is 1. The zero-order valence-corrected chi connectivity index (χ0v) is 15.5. The van der Waals surface area contributed by atoms with E-state index < -0.39 is 5.97 Å². The van der Waals surface area contributed by atoms with E-state index in [1.807, 2.05) is 0 Å². The Morgan fingerprint density at radius 3 is 2.92 bits per heavy atom. The molecule has 0 aromatic carbocycles. The molecule has 1 atom stereocenters. The second-order valence-corrected chi connectivity index (χ2v) is 8.16. The molecule has 24 heavy (non-hydrogen) atoms. The van der Waals surface area contributed by atoms with E-state index in [1.165, 1.54) is 20.9 Å². The standard InChI is InChI=1S/C19H23NO2S2/c1-14-8-12-24-18(14)16(17-7-4-11-23-17)6-3-10-20-9-2-5-15(13-20)19(21)22/h4,6-8,11-12,15H,2-3,5,9-10,13H2,1H3,(H,21,22)/b16-6-/t15-/m0/s1. The van der Waals surface area contributed by atoms with Crippen molar-refractivity contribution in [3.8, 4) is 0 Å². The highest BCUT2D eigenvalue weighted by Crippen LogP contribution is 2.33. The molecule has 0 radical (unpaired) electrons. The summed E-state index contributed by atoms with van der Waals surface area (Å²) < 4.78 is 0. The number of carboxylic acid groups (broad SMARTS) is 1. The Balaban J connectivity index is 1.68. The van der Waals surface area contributed by atoms with Crippen LogP contribution in [0.25, 0.3) is 5.57 Å². The molecule has 2 aromatic rings. The highest BCUT2D eigenvalue weighted by molar-refractivity contribution is 7.13. The van der Waals surface area contributed by atoms with Gasteiger partial charge in [-0.1, -0.05) is 12.1 Å². The summed E-state index contributed by atoms with van der Waals surface area (Å²) in [5, 5.41) is 13.5. The van der Waals surface area contributed by atoms with Gasteiger partial charge < -0.3 is 10.0 Å². The van der Waals surface area contributed by atoms with Crippen molar-refractivity contribution in [3.63, 3.8) is 0 Å². The SMILES string of the molecule is Cc1ccsc1/C(=C\CCN1CCC[C@H](C(=O)O)C1)c1cccs1. The van der Waals surface area contributed by atoms with Gasteiger partial charge in [0.15, 0.2) is 0 Å². The zero-order valence-electron chi connectivity index (χ0n) is 13.9. The average Bonchev–Trinajstić information content (AvgIpc) is 3.24. The van der Waals surface area contributed by atoms with Gasteiger partial charge in [0.05, 0.1) is 5.92 Å². The lowest BCUT2D eigenvalue weighted by atomic mass is 9.98. The van der Waals surface area contributed by atoms with Crippen molar-refractivity contribution in [2.45, 2.75) is 26.2 Å². The lowest BCUT2D eigenvalue weighted by molar-refractivity contribution is -0.143. The highest BCUT2D eigenvalue weighted by atomic mass is 32.1. The normalized spacial score (nSPS) is 19.5. The first-order chi connectivity index (χ1) is 11.6. The van der Waals surface area contributed by atoms with Crippen molar-refractivity contribution in [1.82, 2.24) is 4.90 Å². The second kappa shape index (κ2) is 8.10. The lowest BCUT2D eigenvalue weighted by Gasteiger charge is -2.30. The first-order valence-electron chi connectivity index (χ1n) is 8.39. The second-order valence-electron chi connectivity index (χ2n) is 6.29. The van der Waals surface area contributed by atoms with Gasteiger partial charge in [-0.3, -0.25) is 4.79 Å². The molecule has 0 unspecified atom stereocenters. The third-order valence-corrected chi connectivity index (χ3v) is 6.49. The molecular weight excluding hydrogens is 338 g/mol. The summed E-state index contributed by atoms with van der Waals surface area (Å²) in [5.41, 5.74) is 2.65. The third-order valence-electron chi connectivity index (χ3n) is 4.54. The summed E-state index contributed by atoms with van der Waals surface area (Å²) in [5.74, 6) is -0.845. The van der Waals surface area contributed by atoms with E-state index in [4.69, 9.17) is 0 Å². The van der Waals surface area contributed by atoms with Crippen LogP contribution in [0.3, 0.4) is 0 Å². The smallest absolute Gasteiger partial charge is 0.307 e.